The van der Waals surface area contributed by atoms with Crippen LogP contribution < -0.4 is 0 Å². The lowest BCUT2D eigenvalue weighted by molar-refractivity contribution is -0.202. The first-order chi connectivity index (χ1) is 51.1. The van der Waals surface area contributed by atoms with Gasteiger partial charge in [0, 0.05) is 16.2 Å². The largest absolute Gasteiger partial charge is 0.459 e. The SMILES string of the molecule is C.C.C.C.C.C.C.C.C.C.CCC(C)(C)C(=O)OC1(C)C2(C)CCC(C2)C1(C)C.CCC(C)(C)C(=O)OC1(C)CC2CCC1(C)C2(C)C.CCC(C)(C)C(=O)OC1(C)CCCCCC1.CCC(C)(C)C(=O)OC1(C)CCCCCCCCC1.CCC(C)(C)C(=O)OC1(C)CCCCCCCCCCC1.CCC1(OC(=O)C(C)(C)CC)CCCCCC1. The molecular formula is C109H222O12. The Balaban J connectivity index is -0.000000208. The van der Waals surface area contributed by atoms with Crippen LogP contribution >= 0.6 is 0 Å². The van der Waals surface area contributed by atoms with Crippen molar-refractivity contribution < 1.29 is 57.2 Å². The Kier molecular flexibility index (Phi) is 61.3. The number of ether oxygens (including phenoxy) is 6. The van der Waals surface area contributed by atoms with Crippen molar-refractivity contribution in [2.45, 2.75) is 605 Å². The molecule has 0 aromatic heterocycles. The summed E-state index contributed by atoms with van der Waals surface area (Å²) in [6, 6.07) is 0. The quantitative estimate of drug-likeness (QED) is 0.0686. The van der Waals surface area contributed by atoms with E-state index in [1.165, 1.54) is 186 Å². The predicted octanol–water partition coefficient (Wildman–Crippen LogP) is 35.3. The zero-order chi connectivity index (χ0) is 84.7. The van der Waals surface area contributed by atoms with Crippen molar-refractivity contribution in [1.82, 2.24) is 0 Å². The highest BCUT2D eigenvalue weighted by Gasteiger charge is 2.70. The van der Waals surface area contributed by atoms with E-state index in [-0.39, 0.29) is 198 Å². The number of esters is 6. The minimum Gasteiger partial charge on any atom is -0.459 e. The summed E-state index contributed by atoms with van der Waals surface area (Å²) in [5.74, 6) is 1.26. The topological polar surface area (TPSA) is 158 Å². The molecule has 0 aliphatic heterocycles. The summed E-state index contributed by atoms with van der Waals surface area (Å²) in [4.78, 5) is 74.0. The highest BCUT2D eigenvalue weighted by Crippen LogP contribution is 2.71. The molecule has 12 heteroatoms. The van der Waals surface area contributed by atoms with Crippen LogP contribution in [-0.2, 0) is 57.2 Å². The molecule has 0 heterocycles. The molecule has 730 valence electrons. The highest BCUT2D eigenvalue weighted by atomic mass is 16.6. The highest BCUT2D eigenvalue weighted by molar-refractivity contribution is 5.79. The van der Waals surface area contributed by atoms with Gasteiger partial charge in [-0.3, -0.25) is 28.8 Å². The summed E-state index contributed by atoms with van der Waals surface area (Å²) in [5, 5.41) is 0. The molecule has 12 nitrogen and oxygen atoms in total. The van der Waals surface area contributed by atoms with E-state index in [4.69, 9.17) is 28.4 Å². The molecule has 4 bridgehead atoms. The van der Waals surface area contributed by atoms with Gasteiger partial charge in [0.25, 0.3) is 0 Å². The second-order valence-corrected chi connectivity index (χ2v) is 43.6. The van der Waals surface area contributed by atoms with Gasteiger partial charge >= 0.3 is 35.8 Å². The summed E-state index contributed by atoms with van der Waals surface area (Å²) in [6.45, 7) is 62.9. The van der Waals surface area contributed by atoms with Gasteiger partial charge in [-0.05, 0) is 321 Å². The second-order valence-electron chi connectivity index (χ2n) is 43.6. The Morgan fingerprint density at radius 2 is 0.471 bits per heavy atom. The number of rotatable bonds is 19. The lowest BCUT2D eigenvalue weighted by atomic mass is 9.61. The zero-order valence-corrected chi connectivity index (χ0v) is 78.9. The average molecular weight is 1720 g/mol. The summed E-state index contributed by atoms with van der Waals surface area (Å²) in [6.07, 6.45) is 52.1. The first-order valence-electron chi connectivity index (χ1n) is 46.6. The van der Waals surface area contributed by atoms with E-state index in [0.29, 0.717) is 11.8 Å². The lowest BCUT2D eigenvalue weighted by Gasteiger charge is -2.51. The molecular weight excluding hydrogens is 1500 g/mol. The van der Waals surface area contributed by atoms with Crippen molar-refractivity contribution in [3.8, 4) is 0 Å². The maximum Gasteiger partial charge on any atom is 0.312 e. The van der Waals surface area contributed by atoms with Crippen LogP contribution in [-0.4, -0.2) is 69.4 Å². The number of hydrogen-bond donors (Lipinski definition) is 0. The van der Waals surface area contributed by atoms with Gasteiger partial charge in [-0.1, -0.05) is 267 Å². The van der Waals surface area contributed by atoms with Crippen LogP contribution in [0.3, 0.4) is 0 Å². The summed E-state index contributed by atoms with van der Waals surface area (Å²) < 4.78 is 35.9. The fraction of sp³-hybridized carbons (Fsp3) is 0.945. The van der Waals surface area contributed by atoms with Crippen molar-refractivity contribution in [3.63, 3.8) is 0 Å². The number of carbonyl (C=O) groups is 6. The van der Waals surface area contributed by atoms with Gasteiger partial charge in [0.15, 0.2) is 0 Å². The fourth-order valence-corrected chi connectivity index (χ4v) is 18.5. The minimum absolute atomic E-state index is 0. The van der Waals surface area contributed by atoms with Crippen molar-refractivity contribution in [1.29, 1.82) is 0 Å². The molecule has 8 saturated carbocycles. The fourth-order valence-electron chi connectivity index (χ4n) is 18.5. The number of carbonyl (C=O) groups excluding carboxylic acids is 6. The molecule has 0 saturated heterocycles. The van der Waals surface area contributed by atoms with Crippen molar-refractivity contribution >= 4 is 35.8 Å². The average Bonchev–Trinajstić information content (AvgIpc) is 1.54. The van der Waals surface area contributed by atoms with Crippen LogP contribution in [0.1, 0.15) is 571 Å². The van der Waals surface area contributed by atoms with E-state index >= 15 is 0 Å². The van der Waals surface area contributed by atoms with E-state index < -0.39 is 0 Å². The molecule has 0 aromatic carbocycles. The van der Waals surface area contributed by atoms with Gasteiger partial charge in [-0.25, -0.2) is 0 Å². The molecule has 121 heavy (non-hydrogen) atoms. The molecule has 6 atom stereocenters. The first kappa shape index (κ1) is 133. The summed E-state index contributed by atoms with van der Waals surface area (Å²) in [7, 11) is 0. The standard InChI is InChI=1S/C19H36O2.2C17H30O2.C17H32O2.C15H28O2.C14H26O2.10CH4/c1-5-18(2,3)17(20)21-19(4)15-13-11-9-7-6-8-10-12-14-16-19;1-8-14(2,3)13(18)19-17(7)11-12-9-10-16(17,6)15(12,4)5;1-8-14(2,3)13(18)19-17(7)15(4,5)12-9-10-16(17,6)11-12;1-5-16(2,3)15(18)19-17(4)13-11-9-7-6-8-10-12-14-17;1-5-14(3,4)13(16)17-15(6-2)11-9-7-8-10-12-15;1-5-13(2,3)12(15)16-14(4)10-8-6-7-9-11-14;;;;;;;;;;/h5-16H2,1-4H3;2*12H,8-11H2,1-7H3;5-14H2,1-4H3;5-12H2,1-4H3;5-11H2,1-4H3;10*1H4. The first-order valence-corrected chi connectivity index (χ1v) is 46.6. The Labute approximate surface area is 759 Å². The molecule has 8 fully saturated rings. The van der Waals surface area contributed by atoms with Gasteiger partial charge in [-0.15, -0.1) is 0 Å². The molecule has 0 spiro atoms. The van der Waals surface area contributed by atoms with E-state index in [2.05, 4.69) is 111 Å². The van der Waals surface area contributed by atoms with Crippen LogP contribution in [0.25, 0.3) is 0 Å². The Bertz CT molecular complexity index is 2810. The number of fused-ring (bicyclic) bond motifs is 4. The van der Waals surface area contributed by atoms with Crippen LogP contribution in [0.15, 0.2) is 0 Å². The third-order valence-electron chi connectivity index (χ3n) is 32.1. The van der Waals surface area contributed by atoms with Gasteiger partial charge in [0.1, 0.15) is 33.6 Å². The van der Waals surface area contributed by atoms with Crippen molar-refractivity contribution in [2.75, 3.05) is 0 Å². The van der Waals surface area contributed by atoms with E-state index in [1.807, 2.05) is 96.9 Å². The lowest BCUT2D eigenvalue weighted by Crippen LogP contribution is -2.55. The van der Waals surface area contributed by atoms with Gasteiger partial charge in [0.05, 0.1) is 32.5 Å². The third kappa shape index (κ3) is 36.4. The summed E-state index contributed by atoms with van der Waals surface area (Å²) in [5.41, 5.74) is -2.97. The predicted molar refractivity (Wildman–Crippen MR) is 530 cm³/mol. The minimum atomic E-state index is -0.378. The number of hydrogen-bond acceptors (Lipinski definition) is 12. The monoisotopic (exact) mass is 1720 g/mol. The molecule has 8 aliphatic rings. The molecule has 6 unspecified atom stereocenters. The van der Waals surface area contributed by atoms with Crippen molar-refractivity contribution in [2.24, 2.45) is 66.0 Å². The van der Waals surface area contributed by atoms with E-state index in [0.717, 1.165) is 103 Å². The molecule has 8 rings (SSSR count). The normalized spacial score (nSPS) is 25.6. The maximum atomic E-state index is 12.5. The molecule has 0 amide bonds. The Morgan fingerprint density at radius 3 is 0.686 bits per heavy atom. The molecule has 8 aliphatic carbocycles. The molecule has 0 N–H and O–H groups in total. The van der Waals surface area contributed by atoms with E-state index in [9.17, 15) is 28.8 Å². The molecule has 0 aromatic rings. The van der Waals surface area contributed by atoms with Crippen LogP contribution in [0.2, 0.25) is 0 Å². The van der Waals surface area contributed by atoms with E-state index in [1.54, 1.807) is 0 Å². The van der Waals surface area contributed by atoms with Gasteiger partial charge in [-0.2, -0.15) is 0 Å². The molecule has 0 radical (unpaired) electrons. The maximum absolute atomic E-state index is 12.5. The Morgan fingerprint density at radius 1 is 0.256 bits per heavy atom. The van der Waals surface area contributed by atoms with Gasteiger partial charge in [0.2, 0.25) is 0 Å². The van der Waals surface area contributed by atoms with Gasteiger partial charge < -0.3 is 28.4 Å². The third-order valence-corrected chi connectivity index (χ3v) is 32.1. The van der Waals surface area contributed by atoms with Crippen LogP contribution in [0, 0.1) is 66.0 Å². The zero-order valence-electron chi connectivity index (χ0n) is 78.9. The second kappa shape index (κ2) is 55.6. The smallest absolute Gasteiger partial charge is 0.312 e. The van der Waals surface area contributed by atoms with Crippen LogP contribution in [0.4, 0.5) is 0 Å². The van der Waals surface area contributed by atoms with Crippen molar-refractivity contribution in [3.05, 3.63) is 0 Å². The van der Waals surface area contributed by atoms with Crippen LogP contribution in [0.5, 0.6) is 0 Å². The summed E-state index contributed by atoms with van der Waals surface area (Å²) >= 11 is 0. The Hall–Kier alpha value is -3.18.